The molecule has 0 heterocycles. The molecule has 0 aromatic rings. The highest BCUT2D eigenvalue weighted by molar-refractivity contribution is 5.88. The summed E-state index contributed by atoms with van der Waals surface area (Å²) in [6, 6.07) is 0. The highest BCUT2D eigenvalue weighted by Gasteiger charge is 2.13. The highest BCUT2D eigenvalue weighted by atomic mass is 16.6. The Labute approximate surface area is 323 Å². The van der Waals surface area contributed by atoms with Gasteiger partial charge in [0, 0.05) is 6.42 Å². The summed E-state index contributed by atoms with van der Waals surface area (Å²) in [6.07, 6.45) is 42.4. The predicted molar refractivity (Wildman–Crippen MR) is 215 cm³/mol. The summed E-state index contributed by atoms with van der Waals surface area (Å²) in [5, 5.41) is 16.4. The zero-order valence-corrected chi connectivity index (χ0v) is 34.2. The van der Waals surface area contributed by atoms with Crippen molar-refractivity contribution >= 4 is 29.8 Å². The lowest BCUT2D eigenvalue weighted by Crippen LogP contribution is -2.14. The van der Waals surface area contributed by atoms with Crippen molar-refractivity contribution < 1.29 is 43.7 Å². The normalized spacial score (nSPS) is 10.9. The van der Waals surface area contributed by atoms with E-state index in [9.17, 15) is 24.0 Å². The van der Waals surface area contributed by atoms with Gasteiger partial charge in [-0.25, -0.2) is 0 Å². The summed E-state index contributed by atoms with van der Waals surface area (Å²) in [7, 11) is 0. The molecule has 9 heteroatoms. The number of hydrogen-bond donors (Lipinski definition) is 2. The van der Waals surface area contributed by atoms with E-state index in [0.717, 1.165) is 19.3 Å². The van der Waals surface area contributed by atoms with Crippen molar-refractivity contribution in [3.63, 3.8) is 0 Å². The number of unbranched alkanes of at least 4 members (excludes halogenated alkanes) is 26. The molecule has 310 valence electrons. The fourth-order valence-corrected chi connectivity index (χ4v) is 5.90. The van der Waals surface area contributed by atoms with Crippen molar-refractivity contribution in [2.24, 2.45) is 0 Å². The Kier molecular flexibility index (Phi) is 43.2. The number of esters is 3. The van der Waals surface area contributed by atoms with Crippen LogP contribution in [0, 0.1) is 0 Å². The molecule has 0 amide bonds. The molecule has 0 saturated carbocycles. The number of allylic oxidation sites excluding steroid dienone is 2. The van der Waals surface area contributed by atoms with Crippen LogP contribution in [0.3, 0.4) is 0 Å². The lowest BCUT2D eigenvalue weighted by Gasteiger charge is -2.05. The lowest BCUT2D eigenvalue weighted by molar-refractivity contribution is -0.162. The molecule has 0 aliphatic carbocycles. The highest BCUT2D eigenvalue weighted by Crippen LogP contribution is 2.14. The number of ether oxygens (including phenoxy) is 2. The van der Waals surface area contributed by atoms with Crippen LogP contribution in [-0.2, 0) is 33.4 Å². The van der Waals surface area contributed by atoms with Gasteiger partial charge in [0.2, 0.25) is 0 Å². The average molecular weight is 753 g/mol. The number of rotatable bonds is 38. The molecule has 0 spiro atoms. The molecule has 0 rings (SSSR count). The number of hydrogen-bond acceptors (Lipinski definition) is 7. The monoisotopic (exact) mass is 753 g/mol. The molecule has 0 saturated heterocycles. The van der Waals surface area contributed by atoms with E-state index >= 15 is 0 Å². The SMILES string of the molecule is CCCCCCCC/C=C\CCCCCCCC(=O)OCCCCCCCCCCCCCCCCCC.O=C(O)CCC(=O)OC(=O)CCC(=O)O. The minimum absolute atomic E-state index is 0.0172. The van der Waals surface area contributed by atoms with Gasteiger partial charge in [0.15, 0.2) is 0 Å². The van der Waals surface area contributed by atoms with Gasteiger partial charge in [-0.15, -0.1) is 0 Å². The van der Waals surface area contributed by atoms with Crippen molar-refractivity contribution in [1.29, 1.82) is 0 Å². The zero-order valence-electron chi connectivity index (χ0n) is 34.2. The minimum Gasteiger partial charge on any atom is -0.481 e. The molecule has 53 heavy (non-hydrogen) atoms. The summed E-state index contributed by atoms with van der Waals surface area (Å²) < 4.78 is 9.58. The van der Waals surface area contributed by atoms with Gasteiger partial charge in [-0.05, 0) is 38.5 Å². The molecule has 0 aromatic carbocycles. The van der Waals surface area contributed by atoms with Crippen molar-refractivity contribution in [1.82, 2.24) is 0 Å². The number of carboxylic acids is 2. The van der Waals surface area contributed by atoms with E-state index in [1.165, 1.54) is 167 Å². The van der Waals surface area contributed by atoms with Crippen LogP contribution in [0.2, 0.25) is 0 Å². The maximum absolute atomic E-state index is 11.9. The molecule has 0 unspecified atom stereocenters. The first-order valence-corrected chi connectivity index (χ1v) is 21.7. The Morgan fingerprint density at radius 2 is 0.698 bits per heavy atom. The minimum atomic E-state index is -1.18. The second-order valence-electron chi connectivity index (χ2n) is 14.5. The van der Waals surface area contributed by atoms with Gasteiger partial charge in [-0.1, -0.05) is 174 Å². The second-order valence-corrected chi connectivity index (χ2v) is 14.5. The third kappa shape index (κ3) is 49.3. The number of aliphatic carboxylic acids is 2. The van der Waals surface area contributed by atoms with Gasteiger partial charge in [0.25, 0.3) is 0 Å². The molecular weight excluding hydrogens is 672 g/mol. The Balaban J connectivity index is 0. The summed E-state index contributed by atoms with van der Waals surface area (Å²) >= 11 is 0. The lowest BCUT2D eigenvalue weighted by atomic mass is 10.0. The molecule has 0 atom stereocenters. The van der Waals surface area contributed by atoms with Crippen LogP contribution in [0.25, 0.3) is 0 Å². The van der Waals surface area contributed by atoms with Crippen LogP contribution in [0.5, 0.6) is 0 Å². The first kappa shape index (κ1) is 52.4. The molecule has 0 fully saturated rings. The van der Waals surface area contributed by atoms with E-state index in [2.05, 4.69) is 30.7 Å². The first-order chi connectivity index (χ1) is 25.7. The maximum Gasteiger partial charge on any atom is 0.314 e. The second kappa shape index (κ2) is 43.7. The predicted octanol–water partition coefficient (Wildman–Crippen LogP) is 12.6. The van der Waals surface area contributed by atoms with Gasteiger partial charge in [0.1, 0.15) is 0 Å². The van der Waals surface area contributed by atoms with Crippen LogP contribution < -0.4 is 0 Å². The van der Waals surface area contributed by atoms with Crippen LogP contribution in [0.1, 0.15) is 232 Å². The Morgan fingerprint density at radius 1 is 0.377 bits per heavy atom. The van der Waals surface area contributed by atoms with Crippen LogP contribution in [0.15, 0.2) is 12.2 Å². The number of carbonyl (C=O) groups excluding carboxylic acids is 3. The van der Waals surface area contributed by atoms with E-state index in [4.69, 9.17) is 14.9 Å². The van der Waals surface area contributed by atoms with E-state index in [1.807, 2.05) is 0 Å². The van der Waals surface area contributed by atoms with Gasteiger partial charge < -0.3 is 19.7 Å². The van der Waals surface area contributed by atoms with Crippen molar-refractivity contribution in [2.45, 2.75) is 232 Å². The van der Waals surface area contributed by atoms with Crippen molar-refractivity contribution in [3.8, 4) is 0 Å². The molecule has 0 aliphatic rings. The summed E-state index contributed by atoms with van der Waals surface area (Å²) in [5.74, 6) is -4.26. The Morgan fingerprint density at radius 3 is 1.06 bits per heavy atom. The third-order valence-electron chi connectivity index (χ3n) is 9.22. The molecule has 9 nitrogen and oxygen atoms in total. The maximum atomic E-state index is 11.9. The van der Waals surface area contributed by atoms with Crippen molar-refractivity contribution in [3.05, 3.63) is 12.2 Å². The Bertz CT molecular complexity index is 871. The standard InChI is InChI=1S/C36H70O2.C8H10O7/c1-3-5-7-9-11-13-15-17-19-21-23-25-27-29-31-33-35-38-36(37)34-32-30-28-26-24-22-20-18-16-14-12-10-8-6-4-2;9-5(10)1-3-7(13)15-8(14)4-2-6(11)12/h18,20H,3-17,19,21-35H2,1-2H3;1-4H2,(H,9,10)(H,11,12)/b20-18-;. The van der Waals surface area contributed by atoms with E-state index in [-0.39, 0.29) is 5.97 Å². The topological polar surface area (TPSA) is 144 Å². The fourth-order valence-electron chi connectivity index (χ4n) is 5.90. The molecular formula is C44H80O9. The molecule has 0 bridgehead atoms. The zero-order chi connectivity index (χ0) is 39.5. The molecule has 0 radical (unpaired) electrons. The molecule has 0 aromatic heterocycles. The quantitative estimate of drug-likeness (QED) is 0.0272. The van der Waals surface area contributed by atoms with E-state index in [1.54, 1.807) is 0 Å². The third-order valence-corrected chi connectivity index (χ3v) is 9.22. The van der Waals surface area contributed by atoms with E-state index < -0.39 is 49.6 Å². The van der Waals surface area contributed by atoms with Gasteiger partial charge in [-0.2, -0.15) is 0 Å². The smallest absolute Gasteiger partial charge is 0.314 e. The average Bonchev–Trinajstić information content (AvgIpc) is 3.13. The van der Waals surface area contributed by atoms with E-state index in [0.29, 0.717) is 13.0 Å². The van der Waals surface area contributed by atoms with Gasteiger partial charge in [0.05, 0.1) is 32.3 Å². The Hall–Kier alpha value is -2.71. The van der Waals surface area contributed by atoms with Crippen LogP contribution >= 0.6 is 0 Å². The van der Waals surface area contributed by atoms with Crippen molar-refractivity contribution in [2.75, 3.05) is 6.61 Å². The summed E-state index contributed by atoms with van der Waals surface area (Å²) in [6.45, 7) is 5.20. The number of carboxylic acid groups (broad SMARTS) is 2. The molecule has 2 N–H and O–H groups in total. The summed E-state index contributed by atoms with van der Waals surface area (Å²) in [4.78, 5) is 53.5. The number of carbonyl (C=O) groups is 5. The molecule has 0 aliphatic heterocycles. The first-order valence-electron chi connectivity index (χ1n) is 21.7. The summed E-state index contributed by atoms with van der Waals surface area (Å²) in [5.41, 5.74) is 0. The van der Waals surface area contributed by atoms with Crippen LogP contribution in [-0.4, -0.2) is 46.7 Å². The van der Waals surface area contributed by atoms with Gasteiger partial charge >= 0.3 is 29.8 Å². The van der Waals surface area contributed by atoms with Gasteiger partial charge in [-0.3, -0.25) is 24.0 Å². The fraction of sp³-hybridized carbons (Fsp3) is 0.841. The largest absolute Gasteiger partial charge is 0.481 e. The van der Waals surface area contributed by atoms with Crippen LogP contribution in [0.4, 0.5) is 0 Å².